The van der Waals surface area contributed by atoms with E-state index in [0.717, 1.165) is 0 Å². The molecule has 1 rings (SSSR count). The zero-order valence-corrected chi connectivity index (χ0v) is 9.17. The van der Waals surface area contributed by atoms with Crippen LogP contribution in [0.3, 0.4) is 0 Å². The number of benzene rings is 1. The first kappa shape index (κ1) is 14.0. The van der Waals surface area contributed by atoms with Gasteiger partial charge in [-0.25, -0.2) is 13.2 Å². The number of halogens is 3. The number of hydrogen-bond acceptors (Lipinski definition) is 2. The van der Waals surface area contributed by atoms with Crippen molar-refractivity contribution in [1.29, 1.82) is 0 Å². The van der Waals surface area contributed by atoms with E-state index < -0.39 is 34.9 Å². The summed E-state index contributed by atoms with van der Waals surface area (Å²) in [6, 6.07) is 1.22. The Hall–Kier alpha value is -2.05. The molecule has 0 aliphatic heterocycles. The minimum Gasteiger partial charge on any atom is -0.481 e. The van der Waals surface area contributed by atoms with E-state index >= 15 is 0 Å². The molecule has 1 amide bonds. The van der Waals surface area contributed by atoms with Crippen LogP contribution >= 0.6 is 0 Å². The lowest BCUT2D eigenvalue weighted by atomic mass is 10.1. The molecule has 98 valence electrons. The van der Waals surface area contributed by atoms with Gasteiger partial charge in [0.05, 0.1) is 0 Å². The lowest BCUT2D eigenvalue weighted by Gasteiger charge is -2.06. The Morgan fingerprint density at radius 2 is 1.78 bits per heavy atom. The highest BCUT2D eigenvalue weighted by atomic mass is 19.2. The van der Waals surface area contributed by atoms with E-state index in [4.69, 9.17) is 5.11 Å². The molecule has 0 aromatic heterocycles. The van der Waals surface area contributed by atoms with Crippen molar-refractivity contribution < 1.29 is 27.9 Å². The van der Waals surface area contributed by atoms with Crippen molar-refractivity contribution >= 4 is 11.9 Å². The second kappa shape index (κ2) is 6.04. The van der Waals surface area contributed by atoms with E-state index in [0.29, 0.717) is 12.1 Å². The smallest absolute Gasteiger partial charge is 0.303 e. The molecule has 0 saturated carbocycles. The topological polar surface area (TPSA) is 66.4 Å². The van der Waals surface area contributed by atoms with E-state index in [1.165, 1.54) is 0 Å². The largest absolute Gasteiger partial charge is 0.481 e. The van der Waals surface area contributed by atoms with Crippen molar-refractivity contribution in [3.8, 4) is 0 Å². The monoisotopic (exact) mass is 261 g/mol. The summed E-state index contributed by atoms with van der Waals surface area (Å²) in [5, 5.41) is 10.5. The van der Waals surface area contributed by atoms with Crippen molar-refractivity contribution in [3.63, 3.8) is 0 Å². The highest BCUT2D eigenvalue weighted by Gasteiger charge is 2.20. The molecule has 0 bridgehead atoms. The molecule has 1 aromatic carbocycles. The average molecular weight is 261 g/mol. The van der Waals surface area contributed by atoms with Gasteiger partial charge >= 0.3 is 5.97 Å². The molecule has 0 atom stereocenters. The number of carboxylic acid groups (broad SMARTS) is 1. The third-order valence-corrected chi connectivity index (χ3v) is 2.12. The third-order valence-electron chi connectivity index (χ3n) is 2.12. The first-order valence-corrected chi connectivity index (χ1v) is 5.07. The van der Waals surface area contributed by atoms with Crippen LogP contribution in [0, 0.1) is 17.5 Å². The Morgan fingerprint density at radius 3 is 2.39 bits per heavy atom. The van der Waals surface area contributed by atoms with Crippen LogP contribution < -0.4 is 5.32 Å². The summed E-state index contributed by atoms with van der Waals surface area (Å²) < 4.78 is 39.2. The summed E-state index contributed by atoms with van der Waals surface area (Å²) in [5.41, 5.74) is -1.01. The van der Waals surface area contributed by atoms with Crippen LogP contribution in [0.5, 0.6) is 0 Å². The molecule has 18 heavy (non-hydrogen) atoms. The molecule has 0 aliphatic carbocycles. The van der Waals surface area contributed by atoms with Gasteiger partial charge in [-0.1, -0.05) is 0 Å². The molecular formula is C11H10F3NO3. The molecule has 0 unspecified atom stereocenters. The zero-order chi connectivity index (χ0) is 13.7. The molecule has 0 heterocycles. The molecule has 4 nitrogen and oxygen atoms in total. The van der Waals surface area contributed by atoms with Crippen LogP contribution in [-0.2, 0) is 4.79 Å². The lowest BCUT2D eigenvalue weighted by molar-refractivity contribution is -0.137. The molecule has 2 N–H and O–H groups in total. The van der Waals surface area contributed by atoms with Gasteiger partial charge in [-0.05, 0) is 18.6 Å². The van der Waals surface area contributed by atoms with Gasteiger partial charge in [-0.3, -0.25) is 9.59 Å². The summed E-state index contributed by atoms with van der Waals surface area (Å²) in [4.78, 5) is 21.6. The maximum absolute atomic E-state index is 13.2. The Labute approximate surface area is 100 Å². The summed E-state index contributed by atoms with van der Waals surface area (Å²) >= 11 is 0. The Morgan fingerprint density at radius 1 is 1.17 bits per heavy atom. The average Bonchev–Trinajstić information content (AvgIpc) is 2.30. The highest BCUT2D eigenvalue weighted by molar-refractivity contribution is 5.94. The Kier molecular flexibility index (Phi) is 4.70. The molecule has 0 saturated heterocycles. The van der Waals surface area contributed by atoms with Crippen LogP contribution in [0.25, 0.3) is 0 Å². The predicted octanol–water partition coefficient (Wildman–Crippen LogP) is 1.70. The number of carbonyl (C=O) groups is 2. The van der Waals surface area contributed by atoms with Gasteiger partial charge in [-0.15, -0.1) is 0 Å². The van der Waals surface area contributed by atoms with Gasteiger partial charge < -0.3 is 10.4 Å². The van der Waals surface area contributed by atoms with Gasteiger partial charge in [0.25, 0.3) is 5.91 Å². The molecule has 0 spiro atoms. The molecule has 0 radical (unpaired) electrons. The van der Waals surface area contributed by atoms with Gasteiger partial charge in [0.2, 0.25) is 0 Å². The van der Waals surface area contributed by atoms with Crippen LogP contribution in [0.1, 0.15) is 23.2 Å². The van der Waals surface area contributed by atoms with Crippen LogP contribution in [-0.4, -0.2) is 23.5 Å². The van der Waals surface area contributed by atoms with E-state index in [9.17, 15) is 22.8 Å². The maximum atomic E-state index is 13.2. The summed E-state index contributed by atoms with van der Waals surface area (Å²) in [5.74, 6) is -6.23. The first-order valence-electron chi connectivity index (χ1n) is 5.07. The number of rotatable bonds is 5. The molecule has 7 heteroatoms. The number of aliphatic carboxylic acids is 1. The summed E-state index contributed by atoms with van der Waals surface area (Å²) in [6.45, 7) is -0.0689. The van der Waals surface area contributed by atoms with Crippen molar-refractivity contribution in [2.45, 2.75) is 12.8 Å². The van der Waals surface area contributed by atoms with E-state index in [1.807, 2.05) is 0 Å². The van der Waals surface area contributed by atoms with Crippen molar-refractivity contribution in [3.05, 3.63) is 35.1 Å². The number of amides is 1. The summed E-state index contributed by atoms with van der Waals surface area (Å²) in [7, 11) is 0. The zero-order valence-electron chi connectivity index (χ0n) is 9.17. The molecular weight excluding hydrogens is 251 g/mol. The van der Waals surface area contributed by atoms with Crippen LogP contribution in [0.15, 0.2) is 12.1 Å². The van der Waals surface area contributed by atoms with Crippen molar-refractivity contribution in [1.82, 2.24) is 5.32 Å². The van der Waals surface area contributed by atoms with Gasteiger partial charge in [-0.2, -0.15) is 0 Å². The fraction of sp³-hybridized carbons (Fsp3) is 0.273. The van der Waals surface area contributed by atoms with E-state index in [1.54, 1.807) is 0 Å². The van der Waals surface area contributed by atoms with Crippen LogP contribution in [0.4, 0.5) is 13.2 Å². The third kappa shape index (κ3) is 3.47. The number of hydrogen-bond donors (Lipinski definition) is 2. The second-order valence-corrected chi connectivity index (χ2v) is 3.47. The van der Waals surface area contributed by atoms with Gasteiger partial charge in [0.15, 0.2) is 11.6 Å². The number of nitrogens with one attached hydrogen (secondary N) is 1. The fourth-order valence-electron chi connectivity index (χ4n) is 1.27. The number of carbonyl (C=O) groups excluding carboxylic acids is 1. The van der Waals surface area contributed by atoms with Crippen LogP contribution in [0.2, 0.25) is 0 Å². The lowest BCUT2D eigenvalue weighted by Crippen LogP contribution is -2.27. The minimum absolute atomic E-state index is 0.0689. The quantitative estimate of drug-likeness (QED) is 0.626. The Bertz CT molecular complexity index is 477. The van der Waals surface area contributed by atoms with E-state index in [-0.39, 0.29) is 19.4 Å². The van der Waals surface area contributed by atoms with Crippen molar-refractivity contribution in [2.75, 3.05) is 6.54 Å². The standard InChI is InChI=1S/C11H10F3NO3/c12-6-3-4-7(13)10(14)9(6)11(18)15-5-1-2-8(16)17/h3-4H,1-2,5H2,(H,15,18)(H,16,17). The molecule has 0 aliphatic rings. The van der Waals surface area contributed by atoms with Gasteiger partial charge in [0.1, 0.15) is 11.4 Å². The predicted molar refractivity (Wildman–Crippen MR) is 55.5 cm³/mol. The molecule has 0 fully saturated rings. The van der Waals surface area contributed by atoms with Crippen molar-refractivity contribution in [2.24, 2.45) is 0 Å². The fourth-order valence-corrected chi connectivity index (χ4v) is 1.27. The Balaban J connectivity index is 2.67. The summed E-state index contributed by atoms with van der Waals surface area (Å²) in [6.07, 6.45) is -0.0754. The highest BCUT2D eigenvalue weighted by Crippen LogP contribution is 2.15. The maximum Gasteiger partial charge on any atom is 0.303 e. The number of carboxylic acids is 1. The first-order chi connectivity index (χ1) is 8.43. The second-order valence-electron chi connectivity index (χ2n) is 3.47. The van der Waals surface area contributed by atoms with Gasteiger partial charge in [0, 0.05) is 13.0 Å². The van der Waals surface area contributed by atoms with E-state index in [2.05, 4.69) is 5.32 Å². The normalized spacial score (nSPS) is 10.2. The minimum atomic E-state index is -1.56. The SMILES string of the molecule is O=C(O)CCCNC(=O)c1c(F)ccc(F)c1F. The molecule has 1 aromatic rings.